The van der Waals surface area contributed by atoms with E-state index in [2.05, 4.69) is 13.1 Å². The maximum atomic E-state index is 4.88. The van der Waals surface area contributed by atoms with Gasteiger partial charge in [0.2, 0.25) is 0 Å². The zero-order chi connectivity index (χ0) is 5.70. The van der Waals surface area contributed by atoms with Gasteiger partial charge in [-0.1, -0.05) is 6.55 Å². The van der Waals surface area contributed by atoms with Crippen LogP contribution >= 0.6 is 0 Å². The summed E-state index contributed by atoms with van der Waals surface area (Å²) in [4.78, 5) is 0. The van der Waals surface area contributed by atoms with Gasteiger partial charge in [0.15, 0.2) is 0 Å². The minimum absolute atomic E-state index is 0.640. The highest BCUT2D eigenvalue weighted by Gasteiger charge is 1.92. The fraction of sp³-hybridized carbons (Fsp3) is 0.600. The Bertz CT molecular complexity index is 54.0. The number of hydrogen-bond acceptors (Lipinski definition) is 1. The van der Waals surface area contributed by atoms with Crippen LogP contribution in [-0.4, -0.2) is 22.1 Å². The molecule has 42 valence electrons. The molecule has 0 radical (unpaired) electrons. The Morgan fingerprint density at radius 3 is 2.57 bits per heavy atom. The largest absolute Gasteiger partial charge is 0.388 e. The number of rotatable bonds is 3. The molecule has 0 bridgehead atoms. The molecule has 0 aliphatic rings. The maximum absolute atomic E-state index is 4.88. The second-order valence-corrected chi connectivity index (χ2v) is 4.43. The lowest BCUT2D eigenvalue weighted by Crippen LogP contribution is -2.11. The predicted molar refractivity (Wildman–Crippen MR) is 35.1 cm³/mol. The molecule has 1 atom stereocenters. The molecule has 0 spiro atoms. The van der Waals surface area contributed by atoms with E-state index in [-0.39, 0.29) is 0 Å². The molecule has 0 aromatic carbocycles. The number of methoxy groups -OCH3 is 1. The first-order chi connectivity index (χ1) is 3.31. The van der Waals surface area contributed by atoms with Gasteiger partial charge in [-0.05, 0) is 0 Å². The molecule has 1 nitrogen and oxygen atoms in total. The summed E-state index contributed by atoms with van der Waals surface area (Å²) in [6.07, 6.45) is 0.920. The highest BCUT2D eigenvalue weighted by Crippen LogP contribution is 1.80. The maximum Gasteiger partial charge on any atom is 0.0873 e. The standard InChI is InChI=1S/C5H12OSi/c1-4-7(3)5-6-2/h4,7H,1,5H2,2-3H3. The molecular formula is C5H12OSi. The van der Waals surface area contributed by atoms with Gasteiger partial charge in [-0.25, -0.2) is 0 Å². The summed E-state index contributed by atoms with van der Waals surface area (Å²) in [6, 6.07) is 0. The van der Waals surface area contributed by atoms with Crippen molar-refractivity contribution < 1.29 is 4.74 Å². The van der Waals surface area contributed by atoms with Gasteiger partial charge in [0.1, 0.15) is 0 Å². The zero-order valence-electron chi connectivity index (χ0n) is 4.98. The van der Waals surface area contributed by atoms with Gasteiger partial charge in [-0.3, -0.25) is 0 Å². The van der Waals surface area contributed by atoms with Crippen LogP contribution in [0, 0.1) is 0 Å². The third kappa shape index (κ3) is 3.75. The summed E-state index contributed by atoms with van der Waals surface area (Å²) < 4.78 is 4.88. The van der Waals surface area contributed by atoms with Gasteiger partial charge in [0.05, 0.1) is 8.80 Å². The summed E-state index contributed by atoms with van der Waals surface area (Å²) in [5.74, 6) is 0. The van der Waals surface area contributed by atoms with Crippen LogP contribution in [0.25, 0.3) is 0 Å². The van der Waals surface area contributed by atoms with E-state index in [9.17, 15) is 0 Å². The van der Waals surface area contributed by atoms with Crippen molar-refractivity contribution in [1.29, 1.82) is 0 Å². The van der Waals surface area contributed by atoms with E-state index in [1.807, 2.05) is 5.70 Å². The Hall–Kier alpha value is -0.0831. The molecule has 0 N–H and O–H groups in total. The van der Waals surface area contributed by atoms with Crippen molar-refractivity contribution in [3.8, 4) is 0 Å². The lowest BCUT2D eigenvalue weighted by molar-refractivity contribution is 0.250. The van der Waals surface area contributed by atoms with E-state index in [1.165, 1.54) is 0 Å². The van der Waals surface area contributed by atoms with Gasteiger partial charge in [0, 0.05) is 13.3 Å². The second kappa shape index (κ2) is 4.09. The molecule has 0 rings (SSSR count). The van der Waals surface area contributed by atoms with Gasteiger partial charge in [0.25, 0.3) is 0 Å². The molecule has 0 aliphatic heterocycles. The molecule has 0 fully saturated rings. The van der Waals surface area contributed by atoms with E-state index in [4.69, 9.17) is 4.74 Å². The third-order valence-corrected chi connectivity index (χ3v) is 2.50. The van der Waals surface area contributed by atoms with Crippen LogP contribution in [0.4, 0.5) is 0 Å². The second-order valence-electron chi connectivity index (χ2n) is 1.67. The third-order valence-electron chi connectivity index (χ3n) is 0.832. The van der Waals surface area contributed by atoms with Crippen LogP contribution in [-0.2, 0) is 4.74 Å². The average Bonchev–Trinajstić information content (AvgIpc) is 1.68. The molecule has 0 saturated carbocycles. The van der Waals surface area contributed by atoms with E-state index in [0.29, 0.717) is 0 Å². The van der Waals surface area contributed by atoms with Gasteiger partial charge in [-0.15, -0.1) is 12.3 Å². The Kier molecular flexibility index (Phi) is 4.04. The highest BCUT2D eigenvalue weighted by atomic mass is 28.3. The predicted octanol–water partition coefficient (Wildman–Crippen LogP) is 0.754. The molecule has 0 saturated heterocycles. The Balaban J connectivity index is 2.98. The van der Waals surface area contributed by atoms with Crippen molar-refractivity contribution >= 4 is 8.80 Å². The molecular weight excluding hydrogens is 104 g/mol. The quantitative estimate of drug-likeness (QED) is 0.494. The van der Waals surface area contributed by atoms with Crippen molar-refractivity contribution in [3.63, 3.8) is 0 Å². The van der Waals surface area contributed by atoms with Crippen molar-refractivity contribution in [2.24, 2.45) is 0 Å². The van der Waals surface area contributed by atoms with E-state index in [1.54, 1.807) is 7.11 Å². The topological polar surface area (TPSA) is 9.23 Å². The van der Waals surface area contributed by atoms with Gasteiger partial charge >= 0.3 is 0 Å². The van der Waals surface area contributed by atoms with Gasteiger partial charge in [-0.2, -0.15) is 0 Å². The number of hydrogen-bond donors (Lipinski definition) is 0. The van der Waals surface area contributed by atoms with Crippen LogP contribution in [0.1, 0.15) is 0 Å². The zero-order valence-corrected chi connectivity index (χ0v) is 6.13. The van der Waals surface area contributed by atoms with Crippen LogP contribution in [0.2, 0.25) is 6.55 Å². The summed E-state index contributed by atoms with van der Waals surface area (Å²) >= 11 is 0. The average molecular weight is 116 g/mol. The summed E-state index contributed by atoms with van der Waals surface area (Å²) in [5, 5.41) is 0. The minimum atomic E-state index is -0.640. The van der Waals surface area contributed by atoms with Crippen molar-refractivity contribution in [1.82, 2.24) is 0 Å². The van der Waals surface area contributed by atoms with E-state index < -0.39 is 8.80 Å². The molecule has 0 aromatic rings. The van der Waals surface area contributed by atoms with Crippen molar-refractivity contribution in [2.75, 3.05) is 13.3 Å². The lowest BCUT2D eigenvalue weighted by atomic mass is 11.3. The van der Waals surface area contributed by atoms with Crippen LogP contribution in [0.15, 0.2) is 12.3 Å². The molecule has 0 aromatic heterocycles. The highest BCUT2D eigenvalue weighted by molar-refractivity contribution is 6.62. The normalized spacial score (nSPS) is 13.4. The first-order valence-electron chi connectivity index (χ1n) is 2.42. The van der Waals surface area contributed by atoms with E-state index in [0.717, 1.165) is 6.23 Å². The molecule has 0 amide bonds. The molecule has 0 heterocycles. The summed E-state index contributed by atoms with van der Waals surface area (Å²) in [5.41, 5.74) is 2.02. The fourth-order valence-corrected chi connectivity index (χ4v) is 0.993. The monoisotopic (exact) mass is 116 g/mol. The number of ether oxygens (including phenoxy) is 1. The van der Waals surface area contributed by atoms with Crippen LogP contribution in [0.5, 0.6) is 0 Å². The Labute approximate surface area is 46.6 Å². The first-order valence-corrected chi connectivity index (χ1v) is 5.06. The van der Waals surface area contributed by atoms with Gasteiger partial charge < -0.3 is 4.74 Å². The smallest absolute Gasteiger partial charge is 0.0873 e. The lowest BCUT2D eigenvalue weighted by Gasteiger charge is -1.97. The Morgan fingerprint density at radius 1 is 1.86 bits per heavy atom. The Morgan fingerprint density at radius 2 is 2.43 bits per heavy atom. The molecule has 7 heavy (non-hydrogen) atoms. The fourth-order valence-electron chi connectivity index (χ4n) is 0.331. The van der Waals surface area contributed by atoms with Crippen LogP contribution < -0.4 is 0 Å². The summed E-state index contributed by atoms with van der Waals surface area (Å²) in [6.45, 7) is 5.87. The van der Waals surface area contributed by atoms with E-state index >= 15 is 0 Å². The SMILES string of the molecule is C=C[SiH](C)COC. The summed E-state index contributed by atoms with van der Waals surface area (Å²) in [7, 11) is 1.09. The first kappa shape index (κ1) is 6.92. The van der Waals surface area contributed by atoms with Crippen molar-refractivity contribution in [2.45, 2.75) is 6.55 Å². The van der Waals surface area contributed by atoms with Crippen molar-refractivity contribution in [3.05, 3.63) is 12.3 Å². The molecule has 1 unspecified atom stereocenters. The molecule has 2 heteroatoms. The van der Waals surface area contributed by atoms with Crippen LogP contribution in [0.3, 0.4) is 0 Å². The minimum Gasteiger partial charge on any atom is -0.388 e. The molecule has 0 aliphatic carbocycles.